The number of carbonyl (C=O) groups excluding carboxylic acids is 4. The number of carbonyl (C=O) groups is 4. The molecule has 11 heteroatoms. The quantitative estimate of drug-likeness (QED) is 0.418. The molecule has 1 atom stereocenters. The summed E-state index contributed by atoms with van der Waals surface area (Å²) in [5.41, 5.74) is 7.60. The lowest BCUT2D eigenvalue weighted by Gasteiger charge is -2.27. The van der Waals surface area contributed by atoms with E-state index in [-0.39, 0.29) is 30.5 Å². The van der Waals surface area contributed by atoms with E-state index in [1.54, 1.807) is 35.9 Å². The number of imide groups is 1. The summed E-state index contributed by atoms with van der Waals surface area (Å²) < 4.78 is 2.95. The molecule has 5 rings (SSSR count). The number of fused-ring (bicyclic) bond motifs is 2. The van der Waals surface area contributed by atoms with Crippen molar-refractivity contribution >= 4 is 40.5 Å². The smallest absolute Gasteiger partial charge is 0.329 e. The minimum atomic E-state index is -0.939. The molecule has 2 aliphatic rings. The van der Waals surface area contributed by atoms with Crippen LogP contribution in [0.25, 0.3) is 11.0 Å². The van der Waals surface area contributed by atoms with E-state index in [2.05, 4.69) is 10.6 Å². The van der Waals surface area contributed by atoms with Gasteiger partial charge in [0.25, 0.3) is 5.91 Å². The number of primary amides is 1. The molecular formula is C25H26N6O5. The molecule has 36 heavy (non-hydrogen) atoms. The van der Waals surface area contributed by atoms with Gasteiger partial charge in [0.05, 0.1) is 11.0 Å². The number of aryl methyl sites for hydroxylation is 1. The highest BCUT2D eigenvalue weighted by atomic mass is 16.2. The molecule has 0 saturated carbocycles. The number of para-hydroxylation sites is 2. The average molecular weight is 491 g/mol. The van der Waals surface area contributed by atoms with E-state index < -0.39 is 17.5 Å². The third kappa shape index (κ3) is 3.82. The maximum atomic E-state index is 13.1. The minimum Gasteiger partial charge on any atom is -0.370 e. The molecule has 1 aliphatic heterocycles. The molecular weight excluding hydrogens is 464 g/mol. The minimum absolute atomic E-state index is 0.164. The molecule has 0 radical (unpaired) electrons. The number of likely N-dealkylation sites (N-methyl/N-ethyl adjacent to an activating group) is 1. The number of nitrogens with zero attached hydrogens (tertiary/aromatic N) is 3. The second-order valence-corrected chi connectivity index (χ2v) is 9.31. The van der Waals surface area contributed by atoms with E-state index in [9.17, 15) is 24.0 Å². The van der Waals surface area contributed by atoms with Gasteiger partial charge in [-0.2, -0.15) is 0 Å². The Hall–Kier alpha value is -4.41. The van der Waals surface area contributed by atoms with Gasteiger partial charge in [0, 0.05) is 38.5 Å². The van der Waals surface area contributed by atoms with E-state index in [0.29, 0.717) is 42.5 Å². The van der Waals surface area contributed by atoms with Crippen molar-refractivity contribution in [1.29, 1.82) is 0 Å². The van der Waals surface area contributed by atoms with Gasteiger partial charge in [0.15, 0.2) is 0 Å². The Bertz CT molecular complexity index is 1490. The highest BCUT2D eigenvalue weighted by Crippen LogP contribution is 2.38. The van der Waals surface area contributed by atoms with Gasteiger partial charge >= 0.3 is 11.7 Å². The van der Waals surface area contributed by atoms with Crippen molar-refractivity contribution in [3.8, 4) is 0 Å². The summed E-state index contributed by atoms with van der Waals surface area (Å²) in [6, 6.07) is 12.2. The van der Waals surface area contributed by atoms with Crippen molar-refractivity contribution in [1.82, 2.24) is 19.4 Å². The summed E-state index contributed by atoms with van der Waals surface area (Å²) in [4.78, 5) is 63.0. The van der Waals surface area contributed by atoms with Gasteiger partial charge in [-0.25, -0.2) is 9.59 Å². The van der Waals surface area contributed by atoms with Crippen LogP contribution in [0.2, 0.25) is 0 Å². The molecule has 1 aliphatic carbocycles. The van der Waals surface area contributed by atoms with Crippen molar-refractivity contribution < 1.29 is 19.2 Å². The zero-order valence-corrected chi connectivity index (χ0v) is 19.7. The number of imidazole rings is 1. The van der Waals surface area contributed by atoms with Gasteiger partial charge in [0.1, 0.15) is 12.1 Å². The number of anilines is 1. The Kier molecular flexibility index (Phi) is 5.62. The van der Waals surface area contributed by atoms with Gasteiger partial charge < -0.3 is 16.0 Å². The first-order valence-corrected chi connectivity index (χ1v) is 11.7. The van der Waals surface area contributed by atoms with E-state index in [1.165, 1.54) is 9.47 Å². The predicted octanol–water partition coefficient (Wildman–Crippen LogP) is 0.726. The SMILES string of the molecule is CN1C(=O)NC(=O)[C@]12Cc1ccc(NC(=O)Cn3c(=O)n(CCCC(N)=O)c4ccccc43)cc1C2. The first-order chi connectivity index (χ1) is 17.2. The fraction of sp³-hybridized carbons (Fsp3) is 0.320. The Balaban J connectivity index is 1.34. The Morgan fingerprint density at radius 1 is 1.03 bits per heavy atom. The molecule has 11 nitrogen and oxygen atoms in total. The average Bonchev–Trinajstić information content (AvgIpc) is 3.41. The molecule has 0 bridgehead atoms. The van der Waals surface area contributed by atoms with Crippen molar-refractivity contribution in [3.05, 3.63) is 64.1 Å². The highest BCUT2D eigenvalue weighted by molar-refractivity contribution is 6.07. The topological polar surface area (TPSA) is 149 Å². The zero-order valence-electron chi connectivity index (χ0n) is 19.7. The molecule has 186 valence electrons. The Labute approximate surface area is 205 Å². The second-order valence-electron chi connectivity index (χ2n) is 9.31. The number of hydrogen-bond acceptors (Lipinski definition) is 5. The lowest BCUT2D eigenvalue weighted by atomic mass is 9.95. The molecule has 3 aromatic rings. The first kappa shape index (κ1) is 23.3. The van der Waals surface area contributed by atoms with Crippen LogP contribution in [-0.4, -0.2) is 50.4 Å². The maximum Gasteiger partial charge on any atom is 0.329 e. The zero-order chi connectivity index (χ0) is 25.6. The summed E-state index contributed by atoms with van der Waals surface area (Å²) in [6.45, 7) is 0.122. The van der Waals surface area contributed by atoms with E-state index in [0.717, 1.165) is 11.1 Å². The molecule has 2 heterocycles. The largest absolute Gasteiger partial charge is 0.370 e. The van der Waals surface area contributed by atoms with Crippen molar-refractivity contribution in [2.75, 3.05) is 12.4 Å². The number of amides is 5. The van der Waals surface area contributed by atoms with Gasteiger partial charge in [-0.05, 0) is 41.8 Å². The number of rotatable bonds is 7. The number of aromatic nitrogens is 2. The molecule has 2 aromatic carbocycles. The van der Waals surface area contributed by atoms with Crippen molar-refractivity contribution in [3.63, 3.8) is 0 Å². The number of benzene rings is 2. The van der Waals surface area contributed by atoms with Crippen molar-refractivity contribution in [2.45, 2.75) is 44.3 Å². The van der Waals surface area contributed by atoms with E-state index >= 15 is 0 Å². The molecule has 4 N–H and O–H groups in total. The molecule has 5 amide bonds. The molecule has 0 unspecified atom stereocenters. The molecule has 1 saturated heterocycles. The Morgan fingerprint density at radius 3 is 2.39 bits per heavy atom. The molecule has 1 fully saturated rings. The van der Waals surface area contributed by atoms with Crippen LogP contribution in [-0.2, 0) is 40.3 Å². The van der Waals surface area contributed by atoms with Crippen LogP contribution in [0.3, 0.4) is 0 Å². The van der Waals surface area contributed by atoms with Crippen LogP contribution >= 0.6 is 0 Å². The van der Waals surface area contributed by atoms with Crippen LogP contribution in [0.5, 0.6) is 0 Å². The van der Waals surface area contributed by atoms with Crippen LogP contribution in [0.4, 0.5) is 10.5 Å². The number of urea groups is 1. The van der Waals surface area contributed by atoms with Gasteiger partial charge in [-0.15, -0.1) is 0 Å². The van der Waals surface area contributed by atoms with Crippen LogP contribution in [0, 0.1) is 0 Å². The fourth-order valence-electron chi connectivity index (χ4n) is 5.17. The predicted molar refractivity (Wildman–Crippen MR) is 131 cm³/mol. The number of nitrogens with one attached hydrogen (secondary N) is 2. The third-order valence-corrected chi connectivity index (χ3v) is 7.08. The van der Waals surface area contributed by atoms with Crippen LogP contribution in [0.1, 0.15) is 24.0 Å². The maximum absolute atomic E-state index is 13.1. The van der Waals surface area contributed by atoms with Gasteiger partial charge in [-0.1, -0.05) is 18.2 Å². The van der Waals surface area contributed by atoms with E-state index in [4.69, 9.17) is 5.73 Å². The molecule has 1 spiro atoms. The summed E-state index contributed by atoms with van der Waals surface area (Å²) >= 11 is 0. The highest BCUT2D eigenvalue weighted by Gasteiger charge is 2.54. The van der Waals surface area contributed by atoms with Gasteiger partial charge in [0.2, 0.25) is 11.8 Å². The third-order valence-electron chi connectivity index (χ3n) is 7.08. The summed E-state index contributed by atoms with van der Waals surface area (Å²) in [5, 5.41) is 5.21. The summed E-state index contributed by atoms with van der Waals surface area (Å²) in [5.74, 6) is -1.13. The lowest BCUT2D eigenvalue weighted by Crippen LogP contribution is -2.48. The summed E-state index contributed by atoms with van der Waals surface area (Å²) in [7, 11) is 1.61. The van der Waals surface area contributed by atoms with Gasteiger partial charge in [-0.3, -0.25) is 28.8 Å². The lowest BCUT2D eigenvalue weighted by molar-refractivity contribution is -0.126. The normalized spacial score (nSPS) is 18.6. The Morgan fingerprint density at radius 2 is 1.72 bits per heavy atom. The molecule has 1 aromatic heterocycles. The van der Waals surface area contributed by atoms with Crippen LogP contribution in [0.15, 0.2) is 47.3 Å². The number of hydrogen-bond donors (Lipinski definition) is 3. The standard InChI is InChI=1S/C25H26N6O5/c1-29-23(35)28-22(34)25(29)12-15-8-9-17(11-16(15)13-25)27-21(33)14-31-19-6-3-2-5-18(19)30(24(31)36)10-4-7-20(26)32/h2-3,5-6,8-9,11H,4,7,10,12-14H2,1H3,(H2,26,32)(H,27,33)(H,28,34,35)/t25-/m1/s1. The monoisotopic (exact) mass is 490 g/mol. The van der Waals surface area contributed by atoms with Crippen molar-refractivity contribution in [2.24, 2.45) is 5.73 Å². The first-order valence-electron chi connectivity index (χ1n) is 11.7. The summed E-state index contributed by atoms with van der Waals surface area (Å²) in [6.07, 6.45) is 1.36. The number of nitrogens with two attached hydrogens (primary N) is 1. The van der Waals surface area contributed by atoms with E-state index in [1.807, 2.05) is 18.2 Å². The van der Waals surface area contributed by atoms with Crippen LogP contribution < -0.4 is 22.1 Å². The fourth-order valence-corrected chi connectivity index (χ4v) is 5.17. The second kappa shape index (κ2) is 8.67.